The lowest BCUT2D eigenvalue weighted by molar-refractivity contribution is -0.169. The van der Waals surface area contributed by atoms with Crippen molar-refractivity contribution in [3.05, 3.63) is 12.3 Å². The van der Waals surface area contributed by atoms with E-state index in [4.69, 9.17) is 14.5 Å². The fraction of sp³-hybridized carbons (Fsp3) is 0.765. The maximum Gasteiger partial charge on any atom is 0.227 e. The molecule has 0 amide bonds. The average Bonchev–Trinajstić information content (AvgIpc) is 3.04. The third-order valence-corrected chi connectivity index (χ3v) is 4.56. The number of ether oxygens (including phenoxy) is 2. The van der Waals surface area contributed by atoms with Crippen LogP contribution < -0.4 is 9.80 Å². The van der Waals surface area contributed by atoms with Crippen molar-refractivity contribution in [3.63, 3.8) is 0 Å². The van der Waals surface area contributed by atoms with Gasteiger partial charge in [0, 0.05) is 45.2 Å². The SMILES string of the molecule is CCCN(CCC)c1ccnc(N2CCC3(CC2)OCCO3)n1. The van der Waals surface area contributed by atoms with Gasteiger partial charge in [0.05, 0.1) is 13.2 Å². The molecule has 0 N–H and O–H groups in total. The summed E-state index contributed by atoms with van der Waals surface area (Å²) in [4.78, 5) is 13.9. The number of anilines is 2. The van der Waals surface area contributed by atoms with Crippen molar-refractivity contribution < 1.29 is 9.47 Å². The predicted molar refractivity (Wildman–Crippen MR) is 90.9 cm³/mol. The molecule has 3 rings (SSSR count). The zero-order chi connectivity index (χ0) is 16.1. The maximum absolute atomic E-state index is 5.79. The molecule has 2 fully saturated rings. The van der Waals surface area contributed by atoms with Crippen LogP contribution in [-0.2, 0) is 9.47 Å². The highest BCUT2D eigenvalue weighted by atomic mass is 16.7. The molecule has 0 bridgehead atoms. The van der Waals surface area contributed by atoms with Crippen LogP contribution in [0.5, 0.6) is 0 Å². The Morgan fingerprint density at radius 1 is 1.13 bits per heavy atom. The molecule has 1 spiro atoms. The van der Waals surface area contributed by atoms with Gasteiger partial charge in [0.15, 0.2) is 5.79 Å². The van der Waals surface area contributed by atoms with Gasteiger partial charge in [-0.1, -0.05) is 13.8 Å². The molecule has 0 aromatic carbocycles. The van der Waals surface area contributed by atoms with E-state index in [-0.39, 0.29) is 5.79 Å². The maximum atomic E-state index is 5.79. The summed E-state index contributed by atoms with van der Waals surface area (Å²) < 4.78 is 11.6. The molecule has 2 aliphatic rings. The smallest absolute Gasteiger partial charge is 0.227 e. The summed E-state index contributed by atoms with van der Waals surface area (Å²) >= 11 is 0. The van der Waals surface area contributed by atoms with Crippen LogP contribution in [0.1, 0.15) is 39.5 Å². The van der Waals surface area contributed by atoms with Crippen molar-refractivity contribution in [3.8, 4) is 0 Å². The van der Waals surface area contributed by atoms with Crippen molar-refractivity contribution in [2.45, 2.75) is 45.3 Å². The summed E-state index contributed by atoms with van der Waals surface area (Å²) in [5.74, 6) is 1.52. The molecule has 0 atom stereocenters. The Labute approximate surface area is 138 Å². The van der Waals surface area contributed by atoms with Gasteiger partial charge in [-0.05, 0) is 18.9 Å². The summed E-state index contributed by atoms with van der Waals surface area (Å²) in [5.41, 5.74) is 0. The van der Waals surface area contributed by atoms with Crippen LogP contribution in [-0.4, -0.2) is 55.1 Å². The number of hydrogen-bond acceptors (Lipinski definition) is 6. The minimum absolute atomic E-state index is 0.343. The van der Waals surface area contributed by atoms with Crippen molar-refractivity contribution in [2.24, 2.45) is 0 Å². The van der Waals surface area contributed by atoms with Crippen LogP contribution in [0.25, 0.3) is 0 Å². The van der Waals surface area contributed by atoms with E-state index in [1.165, 1.54) is 0 Å². The topological polar surface area (TPSA) is 50.7 Å². The third kappa shape index (κ3) is 3.75. The van der Waals surface area contributed by atoms with E-state index in [0.717, 1.165) is 76.8 Å². The fourth-order valence-electron chi connectivity index (χ4n) is 3.38. The summed E-state index contributed by atoms with van der Waals surface area (Å²) in [5, 5.41) is 0. The largest absolute Gasteiger partial charge is 0.356 e. The predicted octanol–water partition coefficient (Wildman–Crippen LogP) is 2.45. The average molecular weight is 320 g/mol. The lowest BCUT2D eigenvalue weighted by Crippen LogP contribution is -2.45. The van der Waals surface area contributed by atoms with Crippen LogP contribution in [0.15, 0.2) is 12.3 Å². The highest BCUT2D eigenvalue weighted by Gasteiger charge is 2.40. The summed E-state index contributed by atoms with van der Waals surface area (Å²) in [6, 6.07) is 2.02. The van der Waals surface area contributed by atoms with E-state index in [0.29, 0.717) is 0 Å². The van der Waals surface area contributed by atoms with E-state index in [1.54, 1.807) is 0 Å². The number of piperidine rings is 1. The van der Waals surface area contributed by atoms with Crippen LogP contribution in [0.4, 0.5) is 11.8 Å². The molecule has 6 heteroatoms. The summed E-state index contributed by atoms with van der Waals surface area (Å²) in [6.07, 6.45) is 5.89. The Morgan fingerprint density at radius 3 is 2.39 bits per heavy atom. The number of aromatic nitrogens is 2. The molecule has 1 aromatic heterocycles. The first-order valence-electron chi connectivity index (χ1n) is 8.87. The van der Waals surface area contributed by atoms with E-state index in [2.05, 4.69) is 28.6 Å². The molecule has 2 saturated heterocycles. The van der Waals surface area contributed by atoms with Crippen LogP contribution in [0.3, 0.4) is 0 Å². The van der Waals surface area contributed by atoms with E-state index < -0.39 is 0 Å². The monoisotopic (exact) mass is 320 g/mol. The highest BCUT2D eigenvalue weighted by Crippen LogP contribution is 2.32. The molecule has 0 saturated carbocycles. The second kappa shape index (κ2) is 7.45. The first-order valence-corrected chi connectivity index (χ1v) is 8.87. The molecule has 2 aliphatic heterocycles. The standard InChI is InChI=1S/C17H28N4O2/c1-3-9-20(10-4-2)15-5-8-18-16(19-15)21-11-6-17(7-12-21)22-13-14-23-17/h5,8H,3-4,6-7,9-14H2,1-2H3. The van der Waals surface area contributed by atoms with Crippen molar-refractivity contribution >= 4 is 11.8 Å². The number of hydrogen-bond donors (Lipinski definition) is 0. The van der Waals surface area contributed by atoms with Gasteiger partial charge >= 0.3 is 0 Å². The van der Waals surface area contributed by atoms with Gasteiger partial charge < -0.3 is 19.3 Å². The Kier molecular flexibility index (Phi) is 5.33. The Bertz CT molecular complexity index is 489. The molecule has 23 heavy (non-hydrogen) atoms. The first-order chi connectivity index (χ1) is 11.3. The molecule has 0 radical (unpaired) electrons. The van der Waals surface area contributed by atoms with Gasteiger partial charge in [0.2, 0.25) is 5.95 Å². The molecule has 128 valence electrons. The molecular weight excluding hydrogens is 292 g/mol. The van der Waals surface area contributed by atoms with Gasteiger partial charge in [0.1, 0.15) is 5.82 Å². The fourth-order valence-corrected chi connectivity index (χ4v) is 3.38. The van der Waals surface area contributed by atoms with Gasteiger partial charge in [-0.3, -0.25) is 0 Å². The second-order valence-corrected chi connectivity index (χ2v) is 6.30. The molecular formula is C17H28N4O2. The number of nitrogens with zero attached hydrogens (tertiary/aromatic N) is 4. The van der Waals surface area contributed by atoms with Gasteiger partial charge in [-0.2, -0.15) is 4.98 Å². The molecule has 6 nitrogen and oxygen atoms in total. The molecule has 3 heterocycles. The quantitative estimate of drug-likeness (QED) is 0.802. The first kappa shape index (κ1) is 16.5. The zero-order valence-corrected chi connectivity index (χ0v) is 14.3. The minimum atomic E-state index is -0.343. The Hall–Kier alpha value is -1.40. The molecule has 1 aromatic rings. The summed E-state index contributed by atoms with van der Waals surface area (Å²) in [6.45, 7) is 9.68. The van der Waals surface area contributed by atoms with Gasteiger partial charge in [-0.15, -0.1) is 0 Å². The van der Waals surface area contributed by atoms with Crippen LogP contribution in [0.2, 0.25) is 0 Å². The normalized spacial score (nSPS) is 20.2. The Balaban J connectivity index is 1.67. The minimum Gasteiger partial charge on any atom is -0.356 e. The van der Waals surface area contributed by atoms with E-state index >= 15 is 0 Å². The van der Waals surface area contributed by atoms with Crippen LogP contribution in [0, 0.1) is 0 Å². The lowest BCUT2D eigenvalue weighted by atomic mass is 10.0. The van der Waals surface area contributed by atoms with Crippen molar-refractivity contribution in [1.82, 2.24) is 9.97 Å². The third-order valence-electron chi connectivity index (χ3n) is 4.56. The molecule has 0 unspecified atom stereocenters. The molecule has 0 aliphatic carbocycles. The second-order valence-electron chi connectivity index (χ2n) is 6.30. The number of rotatable bonds is 6. The van der Waals surface area contributed by atoms with Gasteiger partial charge in [-0.25, -0.2) is 4.98 Å². The van der Waals surface area contributed by atoms with Gasteiger partial charge in [0.25, 0.3) is 0 Å². The van der Waals surface area contributed by atoms with Crippen LogP contribution >= 0.6 is 0 Å². The van der Waals surface area contributed by atoms with E-state index in [9.17, 15) is 0 Å². The zero-order valence-electron chi connectivity index (χ0n) is 14.3. The lowest BCUT2D eigenvalue weighted by Gasteiger charge is -2.37. The van der Waals surface area contributed by atoms with E-state index in [1.807, 2.05) is 12.3 Å². The summed E-state index contributed by atoms with van der Waals surface area (Å²) in [7, 11) is 0. The van der Waals surface area contributed by atoms with Crippen molar-refractivity contribution in [2.75, 3.05) is 49.2 Å². The Morgan fingerprint density at radius 2 is 1.78 bits per heavy atom. The highest BCUT2D eigenvalue weighted by molar-refractivity contribution is 5.44. The van der Waals surface area contributed by atoms with Crippen molar-refractivity contribution in [1.29, 1.82) is 0 Å².